The van der Waals surface area contributed by atoms with Gasteiger partial charge in [-0.1, -0.05) is 6.92 Å². The summed E-state index contributed by atoms with van der Waals surface area (Å²) in [5.41, 5.74) is 5.24. The van der Waals surface area contributed by atoms with Crippen LogP contribution in [0.25, 0.3) is 0 Å². The monoisotopic (exact) mass is 191 g/mol. The predicted octanol–water partition coefficient (Wildman–Crippen LogP) is -0.940. The van der Waals surface area contributed by atoms with Gasteiger partial charge in [-0.25, -0.2) is 4.79 Å². The number of carbonyl (C=O) groups excluding carboxylic acids is 1. The molecule has 6 nitrogen and oxygen atoms in total. The van der Waals surface area contributed by atoms with E-state index in [0.29, 0.717) is 6.42 Å². The molecule has 0 bridgehead atoms. The number of aliphatic hydroxyl groups excluding tert-OH is 1. The first kappa shape index (κ1) is 11.9. The van der Waals surface area contributed by atoms with E-state index in [2.05, 4.69) is 4.74 Å². The van der Waals surface area contributed by atoms with Crippen LogP contribution in [0.5, 0.6) is 0 Å². The first-order valence-electron chi connectivity index (χ1n) is 3.83. The predicted molar refractivity (Wildman–Crippen MR) is 42.6 cm³/mol. The lowest BCUT2D eigenvalue weighted by Gasteiger charge is -2.13. The third kappa shape index (κ3) is 5.15. The van der Waals surface area contributed by atoms with Crippen molar-refractivity contribution in [3.05, 3.63) is 0 Å². The highest BCUT2D eigenvalue weighted by Gasteiger charge is 2.21. The Morgan fingerprint density at radius 3 is 2.46 bits per heavy atom. The molecule has 0 aliphatic carbocycles. The molecule has 76 valence electrons. The number of nitrogens with two attached hydrogens (primary N) is 1. The summed E-state index contributed by atoms with van der Waals surface area (Å²) < 4.78 is 4.49. The summed E-state index contributed by atoms with van der Waals surface area (Å²) in [6, 6.07) is 0. The molecular weight excluding hydrogens is 178 g/mol. The number of rotatable bonds is 5. The van der Waals surface area contributed by atoms with Gasteiger partial charge in [-0.3, -0.25) is 10.5 Å². The highest BCUT2D eigenvalue weighted by molar-refractivity contribution is 5.80. The lowest BCUT2D eigenvalue weighted by atomic mass is 10.2. The lowest BCUT2D eigenvalue weighted by molar-refractivity contribution is -0.162. The van der Waals surface area contributed by atoms with Gasteiger partial charge in [0, 0.05) is 0 Å². The normalized spacial score (nSPS) is 14.7. The summed E-state index contributed by atoms with van der Waals surface area (Å²) in [5, 5.41) is 17.1. The van der Waals surface area contributed by atoms with Gasteiger partial charge in [0.15, 0.2) is 12.3 Å². The first-order chi connectivity index (χ1) is 5.97. The third-order valence-corrected chi connectivity index (χ3v) is 1.31. The highest BCUT2D eigenvalue weighted by Crippen LogP contribution is 1.98. The summed E-state index contributed by atoms with van der Waals surface area (Å²) in [7, 11) is 0. The Labute approximate surface area is 75.3 Å². The Kier molecular flexibility index (Phi) is 5.01. The largest absolute Gasteiger partial charge is 0.481 e. The van der Waals surface area contributed by atoms with Gasteiger partial charge in [0.2, 0.25) is 0 Å². The molecule has 6 heteroatoms. The summed E-state index contributed by atoms with van der Waals surface area (Å²) >= 11 is 0. The molecular formula is C7H13NO5. The fourth-order valence-corrected chi connectivity index (χ4v) is 0.560. The minimum Gasteiger partial charge on any atom is -0.481 e. The number of carboxylic acid groups (broad SMARTS) is 1. The van der Waals surface area contributed by atoms with Gasteiger partial charge in [0.05, 0.1) is 6.42 Å². The Hall–Kier alpha value is -1.14. The van der Waals surface area contributed by atoms with E-state index in [4.69, 9.17) is 15.9 Å². The molecule has 2 atom stereocenters. The number of ether oxygens (including phenoxy) is 1. The first-order valence-corrected chi connectivity index (χ1v) is 3.83. The number of aliphatic carboxylic acids is 1. The number of aliphatic hydroxyl groups is 1. The van der Waals surface area contributed by atoms with Crippen LogP contribution in [0.1, 0.15) is 19.8 Å². The zero-order valence-electron chi connectivity index (χ0n) is 7.27. The van der Waals surface area contributed by atoms with Gasteiger partial charge >= 0.3 is 11.9 Å². The van der Waals surface area contributed by atoms with Gasteiger partial charge in [0.1, 0.15) is 0 Å². The maximum absolute atomic E-state index is 10.8. The second-order valence-electron chi connectivity index (χ2n) is 2.50. The third-order valence-electron chi connectivity index (χ3n) is 1.31. The zero-order valence-corrected chi connectivity index (χ0v) is 7.27. The second-order valence-corrected chi connectivity index (χ2v) is 2.50. The Morgan fingerprint density at radius 2 is 2.08 bits per heavy atom. The second kappa shape index (κ2) is 5.50. The van der Waals surface area contributed by atoms with Crippen LogP contribution in [0.15, 0.2) is 0 Å². The molecule has 4 N–H and O–H groups in total. The molecule has 0 spiro atoms. The summed E-state index contributed by atoms with van der Waals surface area (Å²) in [6.07, 6.45) is -2.70. The van der Waals surface area contributed by atoms with Crippen molar-refractivity contribution < 1.29 is 24.5 Å². The van der Waals surface area contributed by atoms with E-state index in [-0.39, 0.29) is 0 Å². The fourth-order valence-electron chi connectivity index (χ4n) is 0.560. The van der Waals surface area contributed by atoms with Crippen LogP contribution in [-0.2, 0) is 14.3 Å². The molecule has 0 aromatic heterocycles. The van der Waals surface area contributed by atoms with Gasteiger partial charge in [-0.05, 0) is 6.42 Å². The van der Waals surface area contributed by atoms with E-state index in [1.807, 2.05) is 0 Å². The lowest BCUT2D eigenvalue weighted by Crippen LogP contribution is -2.33. The van der Waals surface area contributed by atoms with Crippen LogP contribution in [0.4, 0.5) is 0 Å². The molecule has 0 fully saturated rings. The van der Waals surface area contributed by atoms with Crippen LogP contribution in [0.3, 0.4) is 0 Å². The molecule has 2 unspecified atom stereocenters. The van der Waals surface area contributed by atoms with Crippen LogP contribution in [-0.4, -0.2) is 34.5 Å². The molecule has 13 heavy (non-hydrogen) atoms. The van der Waals surface area contributed by atoms with Crippen molar-refractivity contribution >= 4 is 11.9 Å². The van der Waals surface area contributed by atoms with E-state index in [0.717, 1.165) is 0 Å². The van der Waals surface area contributed by atoms with E-state index in [1.54, 1.807) is 6.92 Å². The van der Waals surface area contributed by atoms with E-state index in [1.165, 1.54) is 0 Å². The van der Waals surface area contributed by atoms with Crippen molar-refractivity contribution in [1.29, 1.82) is 0 Å². The SMILES string of the molecule is CCC(N)OC(=O)C(O)CC(=O)O. The number of carboxylic acids is 1. The summed E-state index contributed by atoms with van der Waals surface area (Å²) in [4.78, 5) is 20.9. The van der Waals surface area contributed by atoms with E-state index >= 15 is 0 Å². The molecule has 0 amide bonds. The van der Waals surface area contributed by atoms with Gasteiger partial charge in [-0.2, -0.15) is 0 Å². The molecule has 0 saturated heterocycles. The maximum atomic E-state index is 10.8. The van der Waals surface area contributed by atoms with Crippen molar-refractivity contribution in [1.82, 2.24) is 0 Å². The minimum atomic E-state index is -1.64. The van der Waals surface area contributed by atoms with Crippen molar-refractivity contribution in [3.63, 3.8) is 0 Å². The summed E-state index contributed by atoms with van der Waals surface area (Å²) in [6.45, 7) is 1.70. The number of hydrogen-bond acceptors (Lipinski definition) is 5. The fraction of sp³-hybridized carbons (Fsp3) is 0.714. The van der Waals surface area contributed by atoms with E-state index < -0.39 is 30.7 Å². The van der Waals surface area contributed by atoms with E-state index in [9.17, 15) is 9.59 Å². The van der Waals surface area contributed by atoms with Crippen LogP contribution < -0.4 is 5.73 Å². The zero-order chi connectivity index (χ0) is 10.4. The van der Waals surface area contributed by atoms with Crippen LogP contribution in [0, 0.1) is 0 Å². The molecule has 0 heterocycles. The van der Waals surface area contributed by atoms with Gasteiger partial charge in [-0.15, -0.1) is 0 Å². The Balaban J connectivity index is 3.89. The standard InChI is InChI=1S/C7H13NO5/c1-2-5(8)13-7(12)4(9)3-6(10)11/h4-5,9H,2-3,8H2,1H3,(H,10,11). The molecule has 0 aromatic carbocycles. The average molecular weight is 191 g/mol. The maximum Gasteiger partial charge on any atom is 0.337 e. The van der Waals surface area contributed by atoms with Crippen molar-refractivity contribution in [2.75, 3.05) is 0 Å². The molecule has 0 aromatic rings. The highest BCUT2D eigenvalue weighted by atomic mass is 16.6. The smallest absolute Gasteiger partial charge is 0.337 e. The molecule has 0 aliphatic rings. The summed E-state index contributed by atoms with van der Waals surface area (Å²) in [5.74, 6) is -2.27. The number of carbonyl (C=O) groups is 2. The number of hydrogen-bond donors (Lipinski definition) is 3. The average Bonchev–Trinajstić information content (AvgIpc) is 2.02. The Morgan fingerprint density at radius 1 is 1.54 bits per heavy atom. The molecule has 0 rings (SSSR count). The van der Waals surface area contributed by atoms with Crippen molar-refractivity contribution in [3.8, 4) is 0 Å². The quantitative estimate of drug-likeness (QED) is 0.382. The van der Waals surface area contributed by atoms with Gasteiger partial charge < -0.3 is 14.9 Å². The molecule has 0 radical (unpaired) electrons. The van der Waals surface area contributed by atoms with Crippen molar-refractivity contribution in [2.24, 2.45) is 5.73 Å². The van der Waals surface area contributed by atoms with Crippen molar-refractivity contribution in [2.45, 2.75) is 32.1 Å². The van der Waals surface area contributed by atoms with Crippen LogP contribution in [0.2, 0.25) is 0 Å². The van der Waals surface area contributed by atoms with Gasteiger partial charge in [0.25, 0.3) is 0 Å². The molecule has 0 saturated carbocycles. The molecule has 0 aliphatic heterocycles. The topological polar surface area (TPSA) is 110 Å². The number of esters is 1. The Bertz CT molecular complexity index is 193. The van der Waals surface area contributed by atoms with Crippen LogP contribution >= 0.6 is 0 Å². The minimum absolute atomic E-state index is 0.408.